The second-order valence-electron chi connectivity index (χ2n) is 5.57. The minimum atomic E-state index is -3.82. The van der Waals surface area contributed by atoms with Gasteiger partial charge in [-0.1, -0.05) is 35.3 Å². The van der Waals surface area contributed by atoms with Crippen molar-refractivity contribution in [2.24, 2.45) is 0 Å². The van der Waals surface area contributed by atoms with Crippen molar-refractivity contribution < 1.29 is 8.42 Å². The summed E-state index contributed by atoms with van der Waals surface area (Å²) in [5, 5.41) is 8.40. The molecule has 25 heavy (non-hydrogen) atoms. The molecule has 1 aliphatic heterocycles. The zero-order valence-corrected chi connectivity index (χ0v) is 15.9. The van der Waals surface area contributed by atoms with E-state index in [0.717, 1.165) is 47.9 Å². The highest BCUT2D eigenvalue weighted by Crippen LogP contribution is 2.35. The van der Waals surface area contributed by atoms with Crippen molar-refractivity contribution in [2.45, 2.75) is 24.3 Å². The van der Waals surface area contributed by atoms with Gasteiger partial charge in [-0.3, -0.25) is 4.72 Å². The molecule has 0 fully saturated rings. The molecule has 3 heterocycles. The van der Waals surface area contributed by atoms with Gasteiger partial charge in [-0.25, -0.2) is 8.42 Å². The SMILES string of the molecule is O=S(=O)(Nc1cccc(-c2nnc3n2CCC3)c1)c1cc(Cl)sc1Cl. The third kappa shape index (κ3) is 3.15. The van der Waals surface area contributed by atoms with Gasteiger partial charge < -0.3 is 4.57 Å². The van der Waals surface area contributed by atoms with Crippen LogP contribution in [0.3, 0.4) is 0 Å². The van der Waals surface area contributed by atoms with Crippen LogP contribution in [0.2, 0.25) is 8.67 Å². The van der Waals surface area contributed by atoms with E-state index < -0.39 is 10.0 Å². The van der Waals surface area contributed by atoms with Gasteiger partial charge in [0.05, 0.1) is 4.34 Å². The van der Waals surface area contributed by atoms with E-state index in [4.69, 9.17) is 23.2 Å². The molecule has 1 aromatic carbocycles. The minimum Gasteiger partial charge on any atom is -0.311 e. The van der Waals surface area contributed by atoms with Crippen molar-refractivity contribution in [3.05, 3.63) is 44.8 Å². The highest BCUT2D eigenvalue weighted by atomic mass is 35.5. The summed E-state index contributed by atoms with van der Waals surface area (Å²) in [6.45, 7) is 0.872. The first-order valence-corrected chi connectivity index (χ1v) is 10.5. The summed E-state index contributed by atoms with van der Waals surface area (Å²) >= 11 is 12.8. The van der Waals surface area contributed by atoms with Gasteiger partial charge in [0.2, 0.25) is 0 Å². The standard InChI is InChI=1S/C15H12Cl2N4O2S2/c16-12-8-11(14(17)24-12)25(22,23)20-10-4-1-3-9(7-10)15-19-18-13-5-2-6-21(13)15/h1,3-4,7-8,20H,2,5-6H2. The lowest BCUT2D eigenvalue weighted by Gasteiger charge is -2.09. The zero-order chi connectivity index (χ0) is 17.6. The molecule has 0 atom stereocenters. The summed E-state index contributed by atoms with van der Waals surface area (Å²) in [5.74, 6) is 1.70. The molecule has 0 saturated heterocycles. The number of hydrogen-bond acceptors (Lipinski definition) is 5. The Morgan fingerprint density at radius 3 is 2.80 bits per heavy atom. The number of sulfonamides is 1. The number of anilines is 1. The predicted octanol–water partition coefficient (Wildman–Crippen LogP) is 4.06. The van der Waals surface area contributed by atoms with E-state index in [9.17, 15) is 8.42 Å². The molecular weight excluding hydrogens is 403 g/mol. The topological polar surface area (TPSA) is 76.9 Å². The average Bonchev–Trinajstić information content (AvgIpc) is 3.22. The Kier molecular flexibility index (Phi) is 4.23. The van der Waals surface area contributed by atoms with Crippen LogP contribution in [0.15, 0.2) is 35.2 Å². The molecule has 0 unspecified atom stereocenters. The van der Waals surface area contributed by atoms with Crippen LogP contribution in [0.25, 0.3) is 11.4 Å². The maximum absolute atomic E-state index is 12.5. The Balaban J connectivity index is 1.67. The third-order valence-electron chi connectivity index (χ3n) is 3.90. The van der Waals surface area contributed by atoms with E-state index in [1.807, 2.05) is 6.07 Å². The van der Waals surface area contributed by atoms with Gasteiger partial charge in [0.15, 0.2) is 5.82 Å². The Hall–Kier alpha value is -1.61. The number of hydrogen-bond donors (Lipinski definition) is 1. The molecule has 3 aromatic rings. The molecule has 2 aromatic heterocycles. The van der Waals surface area contributed by atoms with Crippen LogP contribution in [0.5, 0.6) is 0 Å². The average molecular weight is 415 g/mol. The molecule has 0 aliphatic carbocycles. The molecule has 0 spiro atoms. The first-order valence-electron chi connectivity index (χ1n) is 7.44. The second kappa shape index (κ2) is 6.28. The number of aryl methyl sites for hydroxylation is 1. The van der Waals surface area contributed by atoms with Gasteiger partial charge in [0.25, 0.3) is 10.0 Å². The number of halogens is 2. The summed E-state index contributed by atoms with van der Waals surface area (Å²) in [7, 11) is -3.82. The normalized spacial score (nSPS) is 13.8. The van der Waals surface area contributed by atoms with Crippen LogP contribution < -0.4 is 4.72 Å². The Labute approximate surface area is 158 Å². The molecule has 0 bridgehead atoms. The van der Waals surface area contributed by atoms with Gasteiger partial charge in [-0.15, -0.1) is 21.5 Å². The predicted molar refractivity (Wildman–Crippen MR) is 98.9 cm³/mol. The van der Waals surface area contributed by atoms with E-state index in [2.05, 4.69) is 19.5 Å². The van der Waals surface area contributed by atoms with E-state index >= 15 is 0 Å². The molecule has 4 rings (SSSR count). The van der Waals surface area contributed by atoms with Crippen molar-refractivity contribution in [3.63, 3.8) is 0 Å². The lowest BCUT2D eigenvalue weighted by Crippen LogP contribution is -2.12. The van der Waals surface area contributed by atoms with Crippen molar-refractivity contribution in [1.82, 2.24) is 14.8 Å². The van der Waals surface area contributed by atoms with Crippen molar-refractivity contribution in [3.8, 4) is 11.4 Å². The van der Waals surface area contributed by atoms with Gasteiger partial charge in [-0.2, -0.15) is 0 Å². The maximum atomic E-state index is 12.5. The first-order chi connectivity index (χ1) is 11.9. The van der Waals surface area contributed by atoms with Crippen LogP contribution in [-0.2, 0) is 23.0 Å². The molecular formula is C15H12Cl2N4O2S2. The number of aromatic nitrogens is 3. The van der Waals surface area contributed by atoms with Crippen molar-refractivity contribution in [1.29, 1.82) is 0 Å². The summed E-state index contributed by atoms with van der Waals surface area (Å²) in [6, 6.07) is 8.39. The monoisotopic (exact) mass is 414 g/mol. The summed E-state index contributed by atoms with van der Waals surface area (Å²) in [5.41, 5.74) is 1.22. The molecule has 0 radical (unpaired) electrons. The van der Waals surface area contributed by atoms with Crippen LogP contribution in [-0.4, -0.2) is 23.2 Å². The van der Waals surface area contributed by atoms with Gasteiger partial charge >= 0.3 is 0 Å². The Morgan fingerprint density at radius 2 is 2.04 bits per heavy atom. The van der Waals surface area contributed by atoms with Gasteiger partial charge in [0, 0.05) is 24.2 Å². The summed E-state index contributed by atoms with van der Waals surface area (Å²) in [4.78, 5) is -0.0297. The molecule has 6 nitrogen and oxygen atoms in total. The number of nitrogens with one attached hydrogen (secondary N) is 1. The highest BCUT2D eigenvalue weighted by Gasteiger charge is 2.22. The van der Waals surface area contributed by atoms with Crippen LogP contribution >= 0.6 is 34.5 Å². The fourth-order valence-electron chi connectivity index (χ4n) is 2.80. The fourth-order valence-corrected chi connectivity index (χ4v) is 6.00. The number of thiophene rings is 1. The molecule has 1 aliphatic rings. The van der Waals surface area contributed by atoms with E-state index in [1.165, 1.54) is 6.07 Å². The molecule has 130 valence electrons. The van der Waals surface area contributed by atoms with Crippen LogP contribution in [0.1, 0.15) is 12.2 Å². The number of benzene rings is 1. The quantitative estimate of drug-likeness (QED) is 0.697. The first kappa shape index (κ1) is 16.8. The third-order valence-corrected chi connectivity index (χ3v) is 7.03. The number of rotatable bonds is 4. The fraction of sp³-hybridized carbons (Fsp3) is 0.200. The Morgan fingerprint density at radius 1 is 1.20 bits per heavy atom. The van der Waals surface area contributed by atoms with Crippen molar-refractivity contribution in [2.75, 3.05) is 4.72 Å². The van der Waals surface area contributed by atoms with Crippen LogP contribution in [0.4, 0.5) is 5.69 Å². The number of nitrogens with zero attached hydrogens (tertiary/aromatic N) is 3. The molecule has 0 amide bonds. The van der Waals surface area contributed by atoms with Gasteiger partial charge in [-0.05, 0) is 24.6 Å². The van der Waals surface area contributed by atoms with E-state index in [-0.39, 0.29) is 9.23 Å². The lowest BCUT2D eigenvalue weighted by atomic mass is 10.2. The molecule has 1 N–H and O–H groups in total. The van der Waals surface area contributed by atoms with Crippen LogP contribution in [0, 0.1) is 0 Å². The van der Waals surface area contributed by atoms with E-state index in [0.29, 0.717) is 10.0 Å². The lowest BCUT2D eigenvalue weighted by molar-refractivity contribution is 0.601. The van der Waals surface area contributed by atoms with Gasteiger partial charge in [0.1, 0.15) is 15.1 Å². The minimum absolute atomic E-state index is 0.0297. The zero-order valence-electron chi connectivity index (χ0n) is 12.7. The number of fused-ring (bicyclic) bond motifs is 1. The van der Waals surface area contributed by atoms with Crippen molar-refractivity contribution >= 4 is 50.2 Å². The maximum Gasteiger partial charge on any atom is 0.264 e. The smallest absolute Gasteiger partial charge is 0.264 e. The van der Waals surface area contributed by atoms with E-state index in [1.54, 1.807) is 18.2 Å². The highest BCUT2D eigenvalue weighted by molar-refractivity contribution is 7.93. The molecule has 0 saturated carbocycles. The summed E-state index contributed by atoms with van der Waals surface area (Å²) < 4.78 is 30.1. The Bertz CT molecular complexity index is 1060. The second-order valence-corrected chi connectivity index (χ2v) is 9.51. The largest absolute Gasteiger partial charge is 0.311 e. The summed E-state index contributed by atoms with van der Waals surface area (Å²) in [6.07, 6.45) is 1.96. The molecule has 10 heteroatoms.